The fourth-order valence-electron chi connectivity index (χ4n) is 1.49. The minimum atomic E-state index is -0.754. The van der Waals surface area contributed by atoms with Crippen LogP contribution < -0.4 is 10.5 Å². The first-order chi connectivity index (χ1) is 8.68. The summed E-state index contributed by atoms with van der Waals surface area (Å²) in [5, 5.41) is 9.64. The van der Waals surface area contributed by atoms with Gasteiger partial charge in [-0.3, -0.25) is 9.36 Å². The highest BCUT2D eigenvalue weighted by Gasteiger charge is 2.14. The number of rotatable bonds is 5. The monoisotopic (exact) mass is 247 g/mol. The third kappa shape index (κ3) is 2.60. The number of aromatic hydroxyl groups is 1. The third-order valence-electron chi connectivity index (χ3n) is 2.39. The lowest BCUT2D eigenvalue weighted by molar-refractivity contribution is 0.0992. The number of carbonyl (C=O) groups excluding carboxylic acids is 1. The topological polar surface area (TPSA) is 90.4 Å². The predicted molar refractivity (Wildman–Crippen MR) is 64.3 cm³/mol. The molecule has 0 aliphatic heterocycles. The lowest BCUT2D eigenvalue weighted by Crippen LogP contribution is -2.12. The van der Waals surface area contributed by atoms with Gasteiger partial charge in [-0.15, -0.1) is 0 Å². The van der Waals surface area contributed by atoms with E-state index >= 15 is 0 Å². The van der Waals surface area contributed by atoms with Crippen molar-refractivity contribution in [2.75, 3.05) is 6.61 Å². The van der Waals surface area contributed by atoms with Crippen LogP contribution in [0.3, 0.4) is 0 Å². The van der Waals surface area contributed by atoms with E-state index in [4.69, 9.17) is 10.5 Å². The molecule has 0 saturated heterocycles. The van der Waals surface area contributed by atoms with Crippen LogP contribution in [0.15, 0.2) is 36.7 Å². The van der Waals surface area contributed by atoms with Crippen LogP contribution in [0, 0.1) is 0 Å². The Kier molecular flexibility index (Phi) is 3.47. The Labute approximate surface area is 104 Å². The molecule has 2 rings (SSSR count). The van der Waals surface area contributed by atoms with Gasteiger partial charge in [0.05, 0.1) is 12.9 Å². The smallest absolute Gasteiger partial charge is 0.272 e. The van der Waals surface area contributed by atoms with Crippen molar-refractivity contribution in [3.05, 3.63) is 42.4 Å². The predicted octanol–water partition coefficient (Wildman–Crippen LogP) is 0.767. The van der Waals surface area contributed by atoms with E-state index in [0.29, 0.717) is 13.2 Å². The Balaban J connectivity index is 1.93. The van der Waals surface area contributed by atoms with Gasteiger partial charge in [-0.25, -0.2) is 4.98 Å². The van der Waals surface area contributed by atoms with Crippen molar-refractivity contribution in [1.29, 1.82) is 0 Å². The molecule has 0 bridgehead atoms. The van der Waals surface area contributed by atoms with E-state index in [9.17, 15) is 9.90 Å². The van der Waals surface area contributed by atoms with Crippen LogP contribution in [0.25, 0.3) is 0 Å². The molecular weight excluding hydrogens is 234 g/mol. The number of carbonyl (C=O) groups is 1. The number of nitrogens with two attached hydrogens (primary N) is 1. The van der Waals surface area contributed by atoms with Gasteiger partial charge in [0.15, 0.2) is 5.69 Å². The zero-order chi connectivity index (χ0) is 13.0. The van der Waals surface area contributed by atoms with E-state index in [1.54, 1.807) is 0 Å². The maximum atomic E-state index is 10.9. The average molecular weight is 247 g/mol. The van der Waals surface area contributed by atoms with E-state index < -0.39 is 5.91 Å². The largest absolute Gasteiger partial charge is 0.493 e. The van der Waals surface area contributed by atoms with E-state index in [2.05, 4.69) is 4.98 Å². The Morgan fingerprint density at radius 2 is 2.11 bits per heavy atom. The van der Waals surface area contributed by atoms with Crippen molar-refractivity contribution < 1.29 is 14.6 Å². The molecule has 0 unspecified atom stereocenters. The first-order valence-electron chi connectivity index (χ1n) is 5.40. The van der Waals surface area contributed by atoms with Crippen molar-refractivity contribution in [2.45, 2.75) is 6.54 Å². The van der Waals surface area contributed by atoms with Crippen LogP contribution in [0.4, 0.5) is 0 Å². The molecule has 1 aromatic carbocycles. The average Bonchev–Trinajstić information content (AvgIpc) is 2.73. The number of primary amides is 1. The number of para-hydroxylation sites is 1. The van der Waals surface area contributed by atoms with Gasteiger partial charge < -0.3 is 15.6 Å². The van der Waals surface area contributed by atoms with Crippen molar-refractivity contribution in [2.24, 2.45) is 5.73 Å². The number of benzene rings is 1. The SMILES string of the molecule is NC(=O)c1ncn(CCOc2ccccc2)c1O. The third-order valence-corrected chi connectivity index (χ3v) is 2.39. The normalized spacial score (nSPS) is 10.2. The van der Waals surface area contributed by atoms with Crippen LogP contribution in [0.2, 0.25) is 0 Å². The molecule has 0 spiro atoms. The van der Waals surface area contributed by atoms with Crippen molar-refractivity contribution in [3.8, 4) is 11.6 Å². The second-order valence-electron chi connectivity index (χ2n) is 3.64. The summed E-state index contributed by atoms with van der Waals surface area (Å²) in [7, 11) is 0. The first kappa shape index (κ1) is 12.0. The molecule has 0 aliphatic rings. The summed E-state index contributed by atoms with van der Waals surface area (Å²) < 4.78 is 6.86. The summed E-state index contributed by atoms with van der Waals surface area (Å²) in [5.41, 5.74) is 4.91. The zero-order valence-corrected chi connectivity index (χ0v) is 9.61. The number of hydrogen-bond acceptors (Lipinski definition) is 4. The van der Waals surface area contributed by atoms with Gasteiger partial charge in [-0.05, 0) is 12.1 Å². The summed E-state index contributed by atoms with van der Waals surface area (Å²) in [4.78, 5) is 14.6. The molecule has 1 heterocycles. The molecule has 1 amide bonds. The van der Waals surface area contributed by atoms with Gasteiger partial charge in [0, 0.05) is 0 Å². The van der Waals surface area contributed by atoms with E-state index in [-0.39, 0.29) is 11.6 Å². The van der Waals surface area contributed by atoms with Crippen LogP contribution in [-0.2, 0) is 6.54 Å². The molecule has 0 saturated carbocycles. The lowest BCUT2D eigenvalue weighted by Gasteiger charge is -2.07. The summed E-state index contributed by atoms with van der Waals surface area (Å²) in [6, 6.07) is 9.31. The molecule has 1 aromatic heterocycles. The van der Waals surface area contributed by atoms with Crippen LogP contribution in [0.5, 0.6) is 11.6 Å². The van der Waals surface area contributed by atoms with Gasteiger partial charge in [0.25, 0.3) is 5.91 Å². The Morgan fingerprint density at radius 3 is 2.72 bits per heavy atom. The van der Waals surface area contributed by atoms with Crippen LogP contribution in [0.1, 0.15) is 10.5 Å². The van der Waals surface area contributed by atoms with Crippen LogP contribution >= 0.6 is 0 Å². The number of nitrogens with zero attached hydrogens (tertiary/aromatic N) is 2. The zero-order valence-electron chi connectivity index (χ0n) is 9.61. The second kappa shape index (κ2) is 5.22. The molecule has 6 nitrogen and oxygen atoms in total. The highest BCUT2D eigenvalue weighted by molar-refractivity contribution is 5.92. The number of hydrogen-bond donors (Lipinski definition) is 2. The molecule has 2 aromatic rings. The number of amides is 1. The lowest BCUT2D eigenvalue weighted by atomic mass is 10.3. The quantitative estimate of drug-likeness (QED) is 0.816. The van der Waals surface area contributed by atoms with Crippen molar-refractivity contribution in [1.82, 2.24) is 9.55 Å². The summed E-state index contributed by atoms with van der Waals surface area (Å²) in [6.07, 6.45) is 1.35. The summed E-state index contributed by atoms with van der Waals surface area (Å²) in [6.45, 7) is 0.729. The molecule has 0 atom stereocenters. The van der Waals surface area contributed by atoms with Gasteiger partial charge in [0.2, 0.25) is 5.88 Å². The van der Waals surface area contributed by atoms with Gasteiger partial charge in [0.1, 0.15) is 12.4 Å². The molecule has 0 radical (unpaired) electrons. The highest BCUT2D eigenvalue weighted by Crippen LogP contribution is 2.15. The summed E-state index contributed by atoms with van der Waals surface area (Å²) >= 11 is 0. The van der Waals surface area contributed by atoms with Crippen LogP contribution in [-0.4, -0.2) is 27.2 Å². The van der Waals surface area contributed by atoms with Crippen molar-refractivity contribution >= 4 is 5.91 Å². The van der Waals surface area contributed by atoms with E-state index in [1.165, 1.54) is 10.9 Å². The van der Waals surface area contributed by atoms with Gasteiger partial charge in [-0.1, -0.05) is 18.2 Å². The minimum Gasteiger partial charge on any atom is -0.493 e. The molecule has 0 aliphatic carbocycles. The highest BCUT2D eigenvalue weighted by atomic mass is 16.5. The fraction of sp³-hybridized carbons (Fsp3) is 0.167. The second-order valence-corrected chi connectivity index (χ2v) is 3.64. The van der Waals surface area contributed by atoms with Crippen molar-refractivity contribution in [3.63, 3.8) is 0 Å². The van der Waals surface area contributed by atoms with E-state index in [1.807, 2.05) is 30.3 Å². The maximum absolute atomic E-state index is 10.9. The van der Waals surface area contributed by atoms with E-state index in [0.717, 1.165) is 5.75 Å². The number of ether oxygens (including phenoxy) is 1. The first-order valence-corrected chi connectivity index (χ1v) is 5.40. The molecule has 6 heteroatoms. The summed E-state index contributed by atoms with van der Waals surface area (Å²) in [5.74, 6) is -0.249. The molecule has 94 valence electrons. The van der Waals surface area contributed by atoms with Gasteiger partial charge >= 0.3 is 0 Å². The standard InChI is InChI=1S/C12H13N3O3/c13-11(16)10-12(17)15(8-14-10)6-7-18-9-4-2-1-3-5-9/h1-5,8,17H,6-7H2,(H2,13,16). The molecular formula is C12H13N3O3. The van der Waals surface area contributed by atoms with Gasteiger partial charge in [-0.2, -0.15) is 0 Å². The molecule has 18 heavy (non-hydrogen) atoms. The molecule has 3 N–H and O–H groups in total. The molecule has 0 fully saturated rings. The Bertz CT molecular complexity index is 537. The maximum Gasteiger partial charge on any atom is 0.272 e. The minimum absolute atomic E-state index is 0.130. The Morgan fingerprint density at radius 1 is 1.39 bits per heavy atom. The Hall–Kier alpha value is -2.50. The number of imidazole rings is 1. The number of aromatic nitrogens is 2. The fourth-order valence-corrected chi connectivity index (χ4v) is 1.49.